The Morgan fingerprint density at radius 1 is 0.840 bits per heavy atom. The van der Waals surface area contributed by atoms with Crippen LogP contribution in [0.5, 0.6) is 5.75 Å². The highest BCUT2D eigenvalue weighted by Gasteiger charge is 2.45. The van der Waals surface area contributed by atoms with E-state index in [-0.39, 0.29) is 62.9 Å². The molecule has 0 amide bonds. The number of aryl methyl sites for hydroxylation is 1. The van der Waals surface area contributed by atoms with Gasteiger partial charge in [0.2, 0.25) is 5.78 Å². The van der Waals surface area contributed by atoms with Crippen LogP contribution in [-0.4, -0.2) is 77.5 Å². The number of fused-ring (bicyclic) bond motifs is 4. The van der Waals surface area contributed by atoms with Gasteiger partial charge in [-0.15, -0.1) is 0 Å². The summed E-state index contributed by atoms with van der Waals surface area (Å²) in [6.45, 7) is 9.28. The van der Waals surface area contributed by atoms with Crippen molar-refractivity contribution < 1.29 is 38.8 Å². The average molecular weight is 689 g/mol. The molecule has 1 aromatic heterocycles. The number of likely N-dealkylation sites (N-methyl/N-ethyl adjacent to an activating group) is 2. The summed E-state index contributed by atoms with van der Waals surface area (Å²) >= 11 is 0. The van der Waals surface area contributed by atoms with Crippen molar-refractivity contribution in [2.75, 3.05) is 14.1 Å². The first-order valence-electron chi connectivity index (χ1n) is 17.7. The molecule has 0 spiro atoms. The molecule has 11 nitrogen and oxygen atoms in total. The molecule has 2 saturated heterocycles. The number of aromatic hydroxyl groups is 1. The predicted octanol–water partition coefficient (Wildman–Crippen LogP) is 4.64. The van der Waals surface area contributed by atoms with Gasteiger partial charge in [0.05, 0.1) is 53.1 Å². The largest absolute Gasteiger partial charge is 0.507 e. The molecule has 3 aromatic rings. The van der Waals surface area contributed by atoms with Crippen LogP contribution in [0.25, 0.3) is 16.5 Å². The van der Waals surface area contributed by atoms with E-state index in [0.29, 0.717) is 47.9 Å². The van der Waals surface area contributed by atoms with Gasteiger partial charge in [-0.1, -0.05) is 26.8 Å². The molecule has 2 fully saturated rings. The van der Waals surface area contributed by atoms with Gasteiger partial charge in [0, 0.05) is 34.8 Å². The maximum atomic E-state index is 14.9. The van der Waals surface area contributed by atoms with Crippen molar-refractivity contribution in [3.05, 3.63) is 79.2 Å². The quantitative estimate of drug-likeness (QED) is 0.175. The zero-order valence-corrected chi connectivity index (χ0v) is 29.8. The summed E-state index contributed by atoms with van der Waals surface area (Å²) in [5, 5.41) is 40.6. The van der Waals surface area contributed by atoms with Crippen molar-refractivity contribution in [3.8, 4) is 5.75 Å². The number of aliphatic hydroxyl groups is 2. The van der Waals surface area contributed by atoms with E-state index in [4.69, 9.17) is 13.9 Å². The lowest BCUT2D eigenvalue weighted by molar-refractivity contribution is -0.136. The number of nitrogens with one attached hydrogen (secondary N) is 2. The minimum Gasteiger partial charge on any atom is -0.507 e. The molecule has 50 heavy (non-hydrogen) atoms. The number of hydrogen-bond donors (Lipinski definition) is 5. The van der Waals surface area contributed by atoms with Gasteiger partial charge in [0.15, 0.2) is 16.8 Å². The van der Waals surface area contributed by atoms with Gasteiger partial charge in [-0.3, -0.25) is 14.4 Å². The first-order valence-corrected chi connectivity index (χ1v) is 17.7. The molecular weight excluding hydrogens is 640 g/mol. The SMILES string of the molecule is CC=C(C)c1cc(=O)c2c(CC)cc3c(c2o1)C(=O)c1c(O)c([C@H]2C[C@@H](NC)[C@H](O)[C@@H](CC)O2)cc([C@@H]2C[C@@H](NC)[C@@H](O)[C@H](CC)O2)c1C3=O. The summed E-state index contributed by atoms with van der Waals surface area (Å²) in [4.78, 5) is 43.4. The van der Waals surface area contributed by atoms with Crippen LogP contribution in [-0.2, 0) is 15.9 Å². The zero-order valence-electron chi connectivity index (χ0n) is 29.8. The molecule has 8 atom stereocenters. The van der Waals surface area contributed by atoms with E-state index in [0.717, 1.165) is 0 Å². The summed E-state index contributed by atoms with van der Waals surface area (Å²) < 4.78 is 19.2. The van der Waals surface area contributed by atoms with E-state index < -0.39 is 53.9 Å². The number of rotatable bonds is 8. The van der Waals surface area contributed by atoms with Crippen molar-refractivity contribution in [3.63, 3.8) is 0 Å². The fourth-order valence-corrected chi connectivity index (χ4v) is 7.98. The highest BCUT2D eigenvalue weighted by molar-refractivity contribution is 6.33. The monoisotopic (exact) mass is 688 g/mol. The first-order chi connectivity index (χ1) is 23.9. The summed E-state index contributed by atoms with van der Waals surface area (Å²) in [6, 6.07) is 3.96. The number of ether oxygens (including phenoxy) is 2. The van der Waals surface area contributed by atoms with E-state index in [1.54, 1.807) is 39.2 Å². The molecule has 5 N–H and O–H groups in total. The number of phenols is 1. The number of aliphatic hydroxyl groups excluding tert-OH is 2. The molecule has 0 bridgehead atoms. The molecule has 2 aromatic carbocycles. The van der Waals surface area contributed by atoms with Crippen LogP contribution in [0.4, 0.5) is 0 Å². The van der Waals surface area contributed by atoms with E-state index in [1.807, 2.05) is 27.7 Å². The van der Waals surface area contributed by atoms with Gasteiger partial charge in [0.1, 0.15) is 11.5 Å². The van der Waals surface area contributed by atoms with Gasteiger partial charge in [-0.05, 0) is 88.9 Å². The maximum Gasteiger partial charge on any atom is 0.202 e. The predicted molar refractivity (Wildman–Crippen MR) is 189 cm³/mol. The average Bonchev–Trinajstić information content (AvgIpc) is 3.12. The van der Waals surface area contributed by atoms with Crippen LogP contribution in [0, 0.1) is 0 Å². The second-order valence-corrected chi connectivity index (χ2v) is 13.7. The molecule has 11 heteroatoms. The van der Waals surface area contributed by atoms with E-state index >= 15 is 0 Å². The number of allylic oxidation sites excluding steroid dienone is 2. The van der Waals surface area contributed by atoms with E-state index in [1.165, 1.54) is 6.07 Å². The Balaban J connectivity index is 1.65. The smallest absolute Gasteiger partial charge is 0.202 e. The number of phenolic OH excluding ortho intramolecular Hbond substituents is 1. The third-order valence-corrected chi connectivity index (χ3v) is 11.0. The van der Waals surface area contributed by atoms with Gasteiger partial charge < -0.3 is 39.8 Å². The van der Waals surface area contributed by atoms with Crippen molar-refractivity contribution >= 4 is 28.1 Å². The Labute approximate surface area is 291 Å². The van der Waals surface area contributed by atoms with Gasteiger partial charge in [0.25, 0.3) is 0 Å². The van der Waals surface area contributed by atoms with Gasteiger partial charge >= 0.3 is 0 Å². The molecule has 3 aliphatic rings. The van der Waals surface area contributed by atoms with Crippen LogP contribution in [0.3, 0.4) is 0 Å². The van der Waals surface area contributed by atoms with Crippen molar-refractivity contribution in [2.45, 2.75) is 115 Å². The first kappa shape index (κ1) is 36.1. The lowest BCUT2D eigenvalue weighted by atomic mass is 9.75. The molecular formula is C39H48N2O9. The van der Waals surface area contributed by atoms with Crippen LogP contribution < -0.4 is 16.1 Å². The van der Waals surface area contributed by atoms with Gasteiger partial charge in [-0.2, -0.15) is 0 Å². The van der Waals surface area contributed by atoms with Crippen LogP contribution >= 0.6 is 0 Å². The zero-order chi connectivity index (χ0) is 36.2. The Bertz CT molecular complexity index is 1900. The van der Waals surface area contributed by atoms with Crippen LogP contribution in [0.15, 0.2) is 33.5 Å². The van der Waals surface area contributed by atoms with Crippen molar-refractivity contribution in [2.24, 2.45) is 0 Å². The number of carbonyl (C=O) groups excluding carboxylic acids is 2. The van der Waals surface area contributed by atoms with E-state index in [2.05, 4.69) is 10.6 Å². The minimum atomic E-state index is -0.798. The molecule has 0 unspecified atom stereocenters. The standard InChI is InChI=1S/C39H48N2O9/c1-8-17(5)27-16-24(42)30-18(9-2)12-21-32(39(30)50-27)38(47)33-31(35(21)44)19(28-14-22(40-6)36(45)25(10-3)48-28)13-20(34(33)43)29-15-23(41-7)37(46)26(11-4)49-29/h8,12-13,16,22-23,25-26,28-29,36-37,40-41,43,45-46H,9-11,14-15H2,1-7H3/t22-,23-,25+,26-,28+,29-,36-,37+/m1/s1. The molecule has 2 aliphatic heterocycles. The molecule has 1 aliphatic carbocycles. The molecule has 6 rings (SSSR count). The Morgan fingerprint density at radius 3 is 1.94 bits per heavy atom. The normalized spacial score (nSPS) is 28.5. The number of ketones is 2. The molecule has 268 valence electrons. The topological polar surface area (TPSA) is 168 Å². The van der Waals surface area contributed by atoms with E-state index in [9.17, 15) is 29.7 Å². The third kappa shape index (κ3) is 5.74. The molecule has 0 radical (unpaired) electrons. The number of hydrogen-bond acceptors (Lipinski definition) is 11. The lowest BCUT2D eigenvalue weighted by Crippen LogP contribution is -2.51. The lowest BCUT2D eigenvalue weighted by Gasteiger charge is -2.42. The molecule has 0 saturated carbocycles. The second-order valence-electron chi connectivity index (χ2n) is 13.7. The van der Waals surface area contributed by atoms with Crippen molar-refractivity contribution in [1.82, 2.24) is 10.6 Å². The second kappa shape index (κ2) is 14.1. The summed E-state index contributed by atoms with van der Waals surface area (Å²) in [5.74, 6) is -1.27. The number of benzene rings is 2. The Hall–Kier alpha value is -3.71. The minimum absolute atomic E-state index is 0.00932. The summed E-state index contributed by atoms with van der Waals surface area (Å²) in [5.41, 5.74) is 1.46. The Kier molecular flexibility index (Phi) is 10.2. The highest BCUT2D eigenvalue weighted by atomic mass is 16.5. The van der Waals surface area contributed by atoms with Crippen molar-refractivity contribution in [1.29, 1.82) is 0 Å². The van der Waals surface area contributed by atoms with Crippen LogP contribution in [0.1, 0.15) is 127 Å². The number of carbonyl (C=O) groups is 2. The maximum absolute atomic E-state index is 14.9. The highest BCUT2D eigenvalue weighted by Crippen LogP contribution is 2.48. The summed E-state index contributed by atoms with van der Waals surface area (Å²) in [7, 11) is 3.50. The third-order valence-electron chi connectivity index (χ3n) is 11.0. The summed E-state index contributed by atoms with van der Waals surface area (Å²) in [6.07, 6.45) is -0.398. The fourth-order valence-electron chi connectivity index (χ4n) is 7.98. The molecule has 3 heterocycles. The Morgan fingerprint density at radius 2 is 1.42 bits per heavy atom. The fraction of sp³-hybridized carbons (Fsp3) is 0.513. The van der Waals surface area contributed by atoms with Gasteiger partial charge in [-0.25, -0.2) is 0 Å². The van der Waals surface area contributed by atoms with Crippen LogP contribution in [0.2, 0.25) is 0 Å².